The van der Waals surface area contributed by atoms with Gasteiger partial charge in [0.15, 0.2) is 0 Å². The lowest BCUT2D eigenvalue weighted by molar-refractivity contribution is -0.129. The number of nitrogens with zero attached hydrogens (tertiary/aromatic N) is 7. The fraction of sp³-hybridized carbons (Fsp3) is 0.591. The van der Waals surface area contributed by atoms with Crippen molar-refractivity contribution < 1.29 is 9.53 Å². The number of likely N-dealkylation sites (tertiary alicyclic amines) is 1. The fourth-order valence-electron chi connectivity index (χ4n) is 4.97. The van der Waals surface area contributed by atoms with Crippen LogP contribution in [0.2, 0.25) is 0 Å². The lowest BCUT2D eigenvalue weighted by Crippen LogP contribution is -2.48. The van der Waals surface area contributed by atoms with Crippen LogP contribution in [0.4, 0.5) is 17.7 Å². The van der Waals surface area contributed by atoms with Gasteiger partial charge in [-0.2, -0.15) is 4.98 Å². The Morgan fingerprint density at radius 1 is 1.16 bits per heavy atom. The Morgan fingerprint density at radius 3 is 2.62 bits per heavy atom. The molecule has 5 rings (SSSR count). The van der Waals surface area contributed by atoms with Crippen LogP contribution in [-0.4, -0.2) is 82.2 Å². The third-order valence-electron chi connectivity index (χ3n) is 6.81. The number of nitrogens with two attached hydrogens (primary N) is 1. The molecule has 2 aromatic heterocycles. The minimum atomic E-state index is -0.151. The Kier molecular flexibility index (Phi) is 5.32. The topological polar surface area (TPSA) is 114 Å². The van der Waals surface area contributed by atoms with Gasteiger partial charge in [-0.05, 0) is 19.8 Å². The summed E-state index contributed by atoms with van der Waals surface area (Å²) in [5, 5.41) is 0. The standard InChI is InChI=1S/C22H30N8O2/c1-3-17(31)29-7-5-22(2,14-29)30-6-4-16-18(15-12-24-20(23)25-13-15)26-21(27-19(16)30)28-8-10-32-11-9-28/h12-13H,3-11,14H2,1-2H3,(H2,23,24,25)/t22-/m0/s1. The highest BCUT2D eigenvalue weighted by Crippen LogP contribution is 2.41. The van der Waals surface area contributed by atoms with Crippen LogP contribution < -0.4 is 15.5 Å². The molecule has 170 valence electrons. The molecule has 2 saturated heterocycles. The van der Waals surface area contributed by atoms with E-state index in [1.165, 1.54) is 0 Å². The summed E-state index contributed by atoms with van der Waals surface area (Å²) in [6.07, 6.45) is 5.77. The first-order chi connectivity index (χ1) is 15.5. The molecule has 0 aliphatic carbocycles. The number of carbonyl (C=O) groups is 1. The van der Waals surface area contributed by atoms with E-state index in [2.05, 4.69) is 26.7 Å². The largest absolute Gasteiger partial charge is 0.378 e. The molecule has 1 atom stereocenters. The number of carbonyl (C=O) groups excluding carboxylic acids is 1. The normalized spacial score (nSPS) is 23.0. The molecule has 10 nitrogen and oxygen atoms in total. The number of rotatable bonds is 4. The predicted octanol–water partition coefficient (Wildman–Crippen LogP) is 1.12. The van der Waals surface area contributed by atoms with Crippen LogP contribution in [0.1, 0.15) is 32.3 Å². The minimum Gasteiger partial charge on any atom is -0.378 e. The van der Waals surface area contributed by atoms with Crippen molar-refractivity contribution in [1.82, 2.24) is 24.8 Å². The van der Waals surface area contributed by atoms with E-state index < -0.39 is 0 Å². The maximum Gasteiger partial charge on any atom is 0.228 e. The van der Waals surface area contributed by atoms with Gasteiger partial charge in [-0.1, -0.05) is 6.92 Å². The van der Waals surface area contributed by atoms with Gasteiger partial charge in [-0.25, -0.2) is 15.0 Å². The molecular weight excluding hydrogens is 408 g/mol. The fourth-order valence-corrected chi connectivity index (χ4v) is 4.97. The molecule has 0 radical (unpaired) electrons. The first kappa shape index (κ1) is 20.9. The maximum absolute atomic E-state index is 12.3. The number of fused-ring (bicyclic) bond motifs is 1. The molecule has 2 N–H and O–H groups in total. The third-order valence-corrected chi connectivity index (χ3v) is 6.81. The maximum atomic E-state index is 12.3. The van der Waals surface area contributed by atoms with Gasteiger partial charge in [0.05, 0.1) is 24.4 Å². The molecule has 0 aromatic carbocycles. The lowest BCUT2D eigenvalue weighted by atomic mass is 9.99. The number of nitrogen functional groups attached to an aromatic ring is 1. The van der Waals surface area contributed by atoms with Crippen LogP contribution in [0.15, 0.2) is 12.4 Å². The van der Waals surface area contributed by atoms with Crippen molar-refractivity contribution in [2.45, 2.75) is 38.6 Å². The Hall–Kier alpha value is -3.01. The minimum absolute atomic E-state index is 0.151. The summed E-state index contributed by atoms with van der Waals surface area (Å²) >= 11 is 0. The summed E-state index contributed by atoms with van der Waals surface area (Å²) in [6, 6.07) is 0. The first-order valence-electron chi connectivity index (χ1n) is 11.4. The van der Waals surface area contributed by atoms with E-state index in [0.29, 0.717) is 25.6 Å². The Morgan fingerprint density at radius 2 is 1.91 bits per heavy atom. The number of ether oxygens (including phenoxy) is 1. The second-order valence-corrected chi connectivity index (χ2v) is 8.92. The van der Waals surface area contributed by atoms with Crippen LogP contribution in [-0.2, 0) is 16.0 Å². The lowest BCUT2D eigenvalue weighted by Gasteiger charge is -2.37. The average molecular weight is 439 g/mol. The Bertz CT molecular complexity index is 1010. The highest BCUT2D eigenvalue weighted by atomic mass is 16.5. The van der Waals surface area contributed by atoms with E-state index in [1.54, 1.807) is 12.4 Å². The Labute approximate surface area is 187 Å². The second kappa shape index (κ2) is 8.16. The summed E-state index contributed by atoms with van der Waals surface area (Å²) in [4.78, 5) is 37.3. The zero-order valence-electron chi connectivity index (χ0n) is 18.8. The van der Waals surface area contributed by atoms with E-state index in [4.69, 9.17) is 20.4 Å². The summed E-state index contributed by atoms with van der Waals surface area (Å²) < 4.78 is 5.53. The molecule has 32 heavy (non-hydrogen) atoms. The molecule has 2 aromatic rings. The molecule has 0 unspecified atom stereocenters. The molecule has 1 amide bonds. The van der Waals surface area contributed by atoms with Crippen molar-refractivity contribution in [2.24, 2.45) is 0 Å². The molecular formula is C22H30N8O2. The molecule has 3 aliphatic rings. The van der Waals surface area contributed by atoms with Gasteiger partial charge in [-0.15, -0.1) is 0 Å². The predicted molar refractivity (Wildman–Crippen MR) is 121 cm³/mol. The number of anilines is 3. The summed E-state index contributed by atoms with van der Waals surface area (Å²) in [6.45, 7) is 9.36. The summed E-state index contributed by atoms with van der Waals surface area (Å²) in [5.74, 6) is 2.12. The van der Waals surface area contributed by atoms with Crippen molar-refractivity contribution in [3.8, 4) is 11.3 Å². The van der Waals surface area contributed by atoms with Crippen molar-refractivity contribution in [3.63, 3.8) is 0 Å². The molecule has 10 heteroatoms. The van der Waals surface area contributed by atoms with Crippen LogP contribution in [0.25, 0.3) is 11.3 Å². The molecule has 0 saturated carbocycles. The van der Waals surface area contributed by atoms with Crippen molar-refractivity contribution in [1.29, 1.82) is 0 Å². The first-order valence-corrected chi connectivity index (χ1v) is 11.4. The number of morpholine rings is 1. The average Bonchev–Trinajstić information content (AvgIpc) is 3.44. The molecule has 0 spiro atoms. The van der Waals surface area contributed by atoms with Crippen molar-refractivity contribution in [3.05, 3.63) is 18.0 Å². The number of aromatic nitrogens is 4. The van der Waals surface area contributed by atoms with Crippen LogP contribution in [0, 0.1) is 0 Å². The van der Waals surface area contributed by atoms with E-state index >= 15 is 0 Å². The van der Waals surface area contributed by atoms with Crippen LogP contribution >= 0.6 is 0 Å². The van der Waals surface area contributed by atoms with Gasteiger partial charge in [0.2, 0.25) is 17.8 Å². The summed E-state index contributed by atoms with van der Waals surface area (Å²) in [7, 11) is 0. The monoisotopic (exact) mass is 438 g/mol. The zero-order chi connectivity index (χ0) is 22.3. The highest BCUT2D eigenvalue weighted by molar-refractivity contribution is 5.77. The van der Waals surface area contributed by atoms with E-state index in [9.17, 15) is 4.79 Å². The van der Waals surface area contributed by atoms with Gasteiger partial charge >= 0.3 is 0 Å². The molecule has 3 aliphatic heterocycles. The quantitative estimate of drug-likeness (QED) is 0.750. The van der Waals surface area contributed by atoms with Gasteiger partial charge in [0.1, 0.15) is 5.82 Å². The van der Waals surface area contributed by atoms with Gasteiger partial charge < -0.3 is 25.2 Å². The highest BCUT2D eigenvalue weighted by Gasteiger charge is 2.44. The smallest absolute Gasteiger partial charge is 0.228 e. The number of hydrogen-bond acceptors (Lipinski definition) is 9. The van der Waals surface area contributed by atoms with E-state index in [1.807, 2.05) is 11.8 Å². The number of hydrogen-bond donors (Lipinski definition) is 1. The van der Waals surface area contributed by atoms with Crippen LogP contribution in [0.5, 0.6) is 0 Å². The van der Waals surface area contributed by atoms with Crippen LogP contribution in [0.3, 0.4) is 0 Å². The molecule has 5 heterocycles. The van der Waals surface area contributed by atoms with E-state index in [-0.39, 0.29) is 17.4 Å². The van der Waals surface area contributed by atoms with Crippen molar-refractivity contribution >= 4 is 23.6 Å². The number of amides is 1. The zero-order valence-corrected chi connectivity index (χ0v) is 18.8. The Balaban J connectivity index is 1.56. The van der Waals surface area contributed by atoms with E-state index in [0.717, 1.165) is 68.2 Å². The third kappa shape index (κ3) is 3.62. The van der Waals surface area contributed by atoms with Crippen molar-refractivity contribution in [2.75, 3.05) is 61.5 Å². The van der Waals surface area contributed by atoms with Gasteiger partial charge in [-0.3, -0.25) is 4.79 Å². The molecule has 0 bridgehead atoms. The molecule has 2 fully saturated rings. The van der Waals surface area contributed by atoms with Gasteiger partial charge in [0, 0.05) is 62.7 Å². The van der Waals surface area contributed by atoms with Gasteiger partial charge in [0.25, 0.3) is 0 Å². The second-order valence-electron chi connectivity index (χ2n) is 8.92. The summed E-state index contributed by atoms with van der Waals surface area (Å²) in [5.41, 5.74) is 8.38. The SMILES string of the molecule is CCC(=O)N1CC[C@](C)(N2CCc3c(-c4cnc(N)nc4)nc(N4CCOCC4)nc32)C1.